The summed E-state index contributed by atoms with van der Waals surface area (Å²) in [7, 11) is -4.37. The molecule has 0 unspecified atom stereocenters. The maximum atomic E-state index is 11.8. The average molecular weight is 284 g/mol. The van der Waals surface area contributed by atoms with Gasteiger partial charge in [0.2, 0.25) is 0 Å². The van der Waals surface area contributed by atoms with E-state index in [1.54, 1.807) is 6.07 Å². The summed E-state index contributed by atoms with van der Waals surface area (Å²) in [6.45, 7) is 3.63. The van der Waals surface area contributed by atoms with Crippen molar-refractivity contribution >= 4 is 40.5 Å². The van der Waals surface area contributed by atoms with Crippen LogP contribution in [-0.2, 0) is 4.57 Å². The molecule has 0 bridgehead atoms. The summed E-state index contributed by atoms with van der Waals surface area (Å²) in [5.74, 6) is 0. The lowest BCUT2D eigenvalue weighted by atomic mass is 10.0. The molecule has 0 saturated carbocycles. The predicted molar refractivity (Wildman–Crippen MR) is 83.2 cm³/mol. The minimum absolute atomic E-state index is 0.0516. The topological polar surface area (TPSA) is 57.5 Å². The van der Waals surface area contributed by atoms with E-state index in [0.717, 1.165) is 16.2 Å². The van der Waals surface area contributed by atoms with Gasteiger partial charge < -0.3 is 9.79 Å². The van der Waals surface area contributed by atoms with Crippen LogP contribution in [0.1, 0.15) is 5.56 Å². The lowest BCUT2D eigenvalue weighted by Gasteiger charge is -2.13. The minimum Gasteiger partial charge on any atom is -0.321 e. The zero-order valence-electron chi connectivity index (χ0n) is 10.7. The van der Waals surface area contributed by atoms with Gasteiger partial charge in [-0.15, -0.1) is 0 Å². The van der Waals surface area contributed by atoms with Gasteiger partial charge in [0.25, 0.3) is 0 Å². The SMILES string of the molecule is C=Cc1ccc2cc3ccccc3cc2c1P(=O)(O)O. The fourth-order valence-corrected chi connectivity index (χ4v) is 3.51. The Hall–Kier alpha value is -1.93. The van der Waals surface area contributed by atoms with Crippen molar-refractivity contribution in [3.63, 3.8) is 0 Å². The van der Waals surface area contributed by atoms with E-state index in [2.05, 4.69) is 6.58 Å². The molecule has 4 heteroatoms. The zero-order valence-corrected chi connectivity index (χ0v) is 11.5. The summed E-state index contributed by atoms with van der Waals surface area (Å²) >= 11 is 0. The molecule has 0 atom stereocenters. The molecular weight excluding hydrogens is 271 g/mol. The molecule has 0 fully saturated rings. The third-order valence-corrected chi connectivity index (χ3v) is 4.48. The standard InChI is InChI=1S/C16H13O3P/c1-2-11-7-8-14-9-12-5-3-4-6-13(12)10-15(14)16(11)20(17,18)19/h2-10H,1H2,(H2,17,18,19). The number of benzene rings is 3. The van der Waals surface area contributed by atoms with E-state index < -0.39 is 7.60 Å². The molecule has 0 heterocycles. The Morgan fingerprint density at radius 3 is 2.20 bits per heavy atom. The van der Waals surface area contributed by atoms with Gasteiger partial charge in [-0.1, -0.05) is 49.1 Å². The molecule has 3 nitrogen and oxygen atoms in total. The van der Waals surface area contributed by atoms with E-state index in [4.69, 9.17) is 0 Å². The van der Waals surface area contributed by atoms with Gasteiger partial charge in [0.1, 0.15) is 0 Å². The van der Waals surface area contributed by atoms with Gasteiger partial charge in [-0.3, -0.25) is 4.57 Å². The van der Waals surface area contributed by atoms with E-state index in [0.29, 0.717) is 10.9 Å². The van der Waals surface area contributed by atoms with Crippen LogP contribution in [-0.4, -0.2) is 9.79 Å². The average Bonchev–Trinajstić information content (AvgIpc) is 2.42. The van der Waals surface area contributed by atoms with Gasteiger partial charge in [-0.25, -0.2) is 0 Å². The predicted octanol–water partition coefficient (Wildman–Crippen LogP) is 3.44. The summed E-state index contributed by atoms with van der Waals surface area (Å²) in [5, 5.41) is 3.44. The molecule has 0 amide bonds. The smallest absolute Gasteiger partial charge is 0.321 e. The van der Waals surface area contributed by atoms with Crippen molar-refractivity contribution in [1.29, 1.82) is 0 Å². The zero-order chi connectivity index (χ0) is 14.3. The van der Waals surface area contributed by atoms with Crippen LogP contribution in [0.5, 0.6) is 0 Å². The molecule has 3 aromatic rings. The minimum atomic E-state index is -4.37. The Bertz CT molecular complexity index is 877. The first-order chi connectivity index (χ1) is 9.50. The van der Waals surface area contributed by atoms with Crippen molar-refractivity contribution in [2.45, 2.75) is 0 Å². The van der Waals surface area contributed by atoms with Crippen molar-refractivity contribution in [2.24, 2.45) is 0 Å². The van der Waals surface area contributed by atoms with Gasteiger partial charge in [0.05, 0.1) is 5.30 Å². The summed E-state index contributed by atoms with van der Waals surface area (Å²) in [4.78, 5) is 19.3. The van der Waals surface area contributed by atoms with Crippen molar-refractivity contribution < 1.29 is 14.4 Å². The van der Waals surface area contributed by atoms with Crippen LogP contribution in [0.25, 0.3) is 27.6 Å². The molecule has 3 rings (SSSR count). The molecule has 100 valence electrons. The molecule has 0 aliphatic carbocycles. The molecule has 0 saturated heterocycles. The highest BCUT2D eigenvalue weighted by Crippen LogP contribution is 2.39. The third kappa shape index (κ3) is 2.06. The Labute approximate surface area is 116 Å². The molecule has 0 aliphatic heterocycles. The second-order valence-corrected chi connectivity index (χ2v) is 6.21. The summed E-state index contributed by atoms with van der Waals surface area (Å²) in [6, 6.07) is 15.1. The monoisotopic (exact) mass is 284 g/mol. The van der Waals surface area contributed by atoms with Gasteiger partial charge in [-0.05, 0) is 39.2 Å². The number of fused-ring (bicyclic) bond motifs is 2. The molecule has 0 aliphatic rings. The lowest BCUT2D eigenvalue weighted by molar-refractivity contribution is 0.387. The van der Waals surface area contributed by atoms with Crippen molar-refractivity contribution in [2.75, 3.05) is 0 Å². The summed E-state index contributed by atoms with van der Waals surface area (Å²) in [5.41, 5.74) is 0.473. The molecule has 3 aromatic carbocycles. The van der Waals surface area contributed by atoms with Gasteiger partial charge in [0.15, 0.2) is 0 Å². The van der Waals surface area contributed by atoms with E-state index in [1.165, 1.54) is 6.08 Å². The van der Waals surface area contributed by atoms with E-state index in [-0.39, 0.29) is 5.30 Å². The molecule has 20 heavy (non-hydrogen) atoms. The highest BCUT2D eigenvalue weighted by molar-refractivity contribution is 7.61. The normalized spacial score (nSPS) is 11.9. The first-order valence-electron chi connectivity index (χ1n) is 6.15. The van der Waals surface area contributed by atoms with Crippen molar-refractivity contribution in [1.82, 2.24) is 0 Å². The second-order valence-electron chi connectivity index (χ2n) is 4.67. The summed E-state index contributed by atoms with van der Waals surface area (Å²) < 4.78 is 11.8. The molecular formula is C16H13O3P. The quantitative estimate of drug-likeness (QED) is 0.560. The Morgan fingerprint density at radius 2 is 1.60 bits per heavy atom. The summed E-state index contributed by atoms with van der Waals surface area (Å²) in [6.07, 6.45) is 1.48. The van der Waals surface area contributed by atoms with Gasteiger partial charge >= 0.3 is 7.60 Å². The van der Waals surface area contributed by atoms with Gasteiger partial charge in [0, 0.05) is 0 Å². The highest BCUT2D eigenvalue weighted by Gasteiger charge is 2.23. The number of hydrogen-bond donors (Lipinski definition) is 2. The number of hydrogen-bond acceptors (Lipinski definition) is 1. The lowest BCUT2D eigenvalue weighted by Crippen LogP contribution is -2.09. The van der Waals surface area contributed by atoms with Crippen LogP contribution in [0.15, 0.2) is 55.1 Å². The van der Waals surface area contributed by atoms with E-state index in [9.17, 15) is 14.4 Å². The molecule has 0 aromatic heterocycles. The van der Waals surface area contributed by atoms with Crippen LogP contribution in [0.3, 0.4) is 0 Å². The van der Waals surface area contributed by atoms with Crippen molar-refractivity contribution in [3.8, 4) is 0 Å². The largest absolute Gasteiger partial charge is 0.357 e. The van der Waals surface area contributed by atoms with Gasteiger partial charge in [-0.2, -0.15) is 0 Å². The molecule has 2 N–H and O–H groups in total. The Balaban J connectivity index is 2.52. The first-order valence-corrected chi connectivity index (χ1v) is 7.76. The molecule has 0 radical (unpaired) electrons. The van der Waals surface area contributed by atoms with Crippen LogP contribution < -0.4 is 5.30 Å². The van der Waals surface area contributed by atoms with E-state index in [1.807, 2.05) is 42.5 Å². The first kappa shape index (κ1) is 13.1. The fraction of sp³-hybridized carbons (Fsp3) is 0. The highest BCUT2D eigenvalue weighted by atomic mass is 31.2. The number of rotatable bonds is 2. The fourth-order valence-electron chi connectivity index (χ4n) is 2.50. The second kappa shape index (κ2) is 4.57. The maximum Gasteiger partial charge on any atom is 0.357 e. The Kier molecular flexibility index (Phi) is 2.98. The third-order valence-electron chi connectivity index (χ3n) is 3.40. The molecule has 0 spiro atoms. The van der Waals surface area contributed by atoms with Crippen LogP contribution in [0.2, 0.25) is 0 Å². The van der Waals surface area contributed by atoms with Crippen LogP contribution in [0.4, 0.5) is 0 Å². The van der Waals surface area contributed by atoms with Crippen LogP contribution >= 0.6 is 7.60 Å². The van der Waals surface area contributed by atoms with Crippen molar-refractivity contribution in [3.05, 3.63) is 60.7 Å². The Morgan fingerprint density at radius 1 is 0.950 bits per heavy atom. The maximum absolute atomic E-state index is 11.8. The van der Waals surface area contributed by atoms with E-state index >= 15 is 0 Å². The van der Waals surface area contributed by atoms with Crippen LogP contribution in [0, 0.1) is 0 Å².